The molecule has 2 aromatic rings. The second-order valence-corrected chi connectivity index (χ2v) is 7.07. The summed E-state index contributed by atoms with van der Waals surface area (Å²) in [5.41, 5.74) is 1.25. The van der Waals surface area contributed by atoms with Gasteiger partial charge in [-0.3, -0.25) is 4.79 Å². The highest BCUT2D eigenvalue weighted by molar-refractivity contribution is 9.10. The van der Waals surface area contributed by atoms with E-state index in [2.05, 4.69) is 37.2 Å². The third kappa shape index (κ3) is 3.33. The number of aryl methyl sites for hydroxylation is 1. The van der Waals surface area contributed by atoms with Crippen molar-refractivity contribution in [3.8, 4) is 0 Å². The summed E-state index contributed by atoms with van der Waals surface area (Å²) in [6.45, 7) is 3.98. The summed E-state index contributed by atoms with van der Waals surface area (Å²) in [5, 5.41) is 3.07. The molecule has 0 unspecified atom stereocenters. The van der Waals surface area contributed by atoms with Crippen molar-refractivity contribution in [2.75, 3.05) is 0 Å². The highest BCUT2D eigenvalue weighted by atomic mass is 79.9. The lowest BCUT2D eigenvalue weighted by Crippen LogP contribution is -2.41. The maximum atomic E-state index is 12.4. The molecule has 1 aromatic heterocycles. The van der Waals surface area contributed by atoms with Crippen molar-refractivity contribution < 1.29 is 4.79 Å². The molecule has 106 valence electrons. The van der Waals surface area contributed by atoms with Crippen LogP contribution in [0.2, 0.25) is 0 Å². The number of carbonyl (C=O) groups excluding carboxylic acids is 1. The minimum atomic E-state index is -0.436. The Labute approximate surface area is 135 Å². The fourth-order valence-corrected chi connectivity index (χ4v) is 2.82. The Morgan fingerprint density at radius 2 is 1.75 bits per heavy atom. The van der Waals surface area contributed by atoms with Gasteiger partial charge in [0.15, 0.2) is 0 Å². The first-order chi connectivity index (χ1) is 9.29. The number of nitrogens with one attached hydrogen (secondary N) is 1. The van der Waals surface area contributed by atoms with Crippen LogP contribution in [0.3, 0.4) is 0 Å². The summed E-state index contributed by atoms with van der Waals surface area (Å²) < 4.78 is 3.72. The van der Waals surface area contributed by atoms with Gasteiger partial charge < -0.3 is 9.88 Å². The van der Waals surface area contributed by atoms with E-state index in [1.807, 2.05) is 57.4 Å². The number of hydrogen-bond acceptors (Lipinski definition) is 1. The first kappa shape index (κ1) is 15.3. The predicted molar refractivity (Wildman–Crippen MR) is 87.7 cm³/mol. The lowest BCUT2D eigenvalue weighted by molar-refractivity contribution is 0.0903. The first-order valence-corrected chi connectivity index (χ1v) is 7.78. The number of halogens is 2. The molecule has 0 aliphatic rings. The second-order valence-electron chi connectivity index (χ2n) is 5.24. The Hall–Kier alpha value is -1.07. The lowest BCUT2D eigenvalue weighted by atomic mass is 9.94. The van der Waals surface area contributed by atoms with E-state index in [4.69, 9.17) is 0 Å². The van der Waals surface area contributed by atoms with Gasteiger partial charge >= 0.3 is 0 Å². The molecule has 0 fully saturated rings. The molecule has 0 saturated carbocycles. The highest BCUT2D eigenvalue weighted by Gasteiger charge is 2.24. The molecule has 1 aromatic carbocycles. The average Bonchev–Trinajstić information content (AvgIpc) is 2.68. The number of aromatic nitrogens is 1. The third-order valence-corrected chi connectivity index (χ3v) is 4.16. The monoisotopic (exact) mass is 398 g/mol. The van der Waals surface area contributed by atoms with Crippen molar-refractivity contribution in [2.24, 2.45) is 7.05 Å². The van der Waals surface area contributed by atoms with Crippen LogP contribution in [-0.4, -0.2) is 10.5 Å². The zero-order chi connectivity index (χ0) is 14.9. The Balaban J connectivity index is 2.21. The number of nitrogens with zero attached hydrogens (tertiary/aromatic N) is 1. The minimum absolute atomic E-state index is 0.0916. The van der Waals surface area contributed by atoms with E-state index < -0.39 is 5.54 Å². The Kier molecular flexibility index (Phi) is 4.39. The van der Waals surface area contributed by atoms with Gasteiger partial charge in [0.05, 0.1) is 5.54 Å². The number of hydrogen-bond donors (Lipinski definition) is 1. The molecule has 0 radical (unpaired) electrons. The molecule has 0 atom stereocenters. The molecular formula is C15H16Br2N2O. The zero-order valence-corrected chi connectivity index (χ0v) is 14.7. The normalized spacial score (nSPS) is 11.4. The molecule has 1 heterocycles. The van der Waals surface area contributed by atoms with Crippen LogP contribution in [-0.2, 0) is 12.6 Å². The van der Waals surface area contributed by atoms with Crippen molar-refractivity contribution in [3.63, 3.8) is 0 Å². The number of benzene rings is 1. The van der Waals surface area contributed by atoms with E-state index in [0.717, 1.165) is 14.5 Å². The van der Waals surface area contributed by atoms with Crippen LogP contribution in [0, 0.1) is 0 Å². The molecule has 1 N–H and O–H groups in total. The largest absolute Gasteiger partial charge is 0.345 e. The van der Waals surface area contributed by atoms with Gasteiger partial charge in [0.1, 0.15) is 5.69 Å². The predicted octanol–water partition coefficient (Wildman–Crippen LogP) is 4.22. The second kappa shape index (κ2) is 5.74. The van der Waals surface area contributed by atoms with Gasteiger partial charge in [-0.25, -0.2) is 0 Å². The number of carbonyl (C=O) groups is 1. The molecule has 2 rings (SSSR count). The lowest BCUT2D eigenvalue weighted by Gasteiger charge is -2.27. The molecule has 0 aliphatic heterocycles. The standard InChI is InChI=1S/C15H16Br2N2O/c1-15(2,10-4-6-11(16)7-5-10)18-14(20)13-8-12(17)9-19(13)3/h4-9H,1-3H3,(H,18,20). The number of rotatable bonds is 3. The van der Waals surface area contributed by atoms with Gasteiger partial charge in [-0.1, -0.05) is 28.1 Å². The van der Waals surface area contributed by atoms with Crippen molar-refractivity contribution in [2.45, 2.75) is 19.4 Å². The maximum Gasteiger partial charge on any atom is 0.268 e. The highest BCUT2D eigenvalue weighted by Crippen LogP contribution is 2.23. The van der Waals surface area contributed by atoms with Crippen LogP contribution >= 0.6 is 31.9 Å². The summed E-state index contributed by atoms with van der Waals surface area (Å²) in [5.74, 6) is -0.0916. The third-order valence-electron chi connectivity index (χ3n) is 3.20. The molecule has 20 heavy (non-hydrogen) atoms. The quantitative estimate of drug-likeness (QED) is 0.823. The van der Waals surface area contributed by atoms with Gasteiger partial charge in [0.2, 0.25) is 0 Å². The van der Waals surface area contributed by atoms with Crippen molar-refractivity contribution >= 4 is 37.8 Å². The fourth-order valence-electron chi connectivity index (χ4n) is 2.04. The van der Waals surface area contributed by atoms with Gasteiger partial charge in [0.25, 0.3) is 5.91 Å². The summed E-state index contributed by atoms with van der Waals surface area (Å²) in [6.07, 6.45) is 1.86. The Morgan fingerprint density at radius 3 is 2.25 bits per heavy atom. The summed E-state index contributed by atoms with van der Waals surface area (Å²) in [4.78, 5) is 12.4. The average molecular weight is 400 g/mol. The van der Waals surface area contributed by atoms with Crippen LogP contribution in [0.1, 0.15) is 29.9 Å². The number of amides is 1. The van der Waals surface area contributed by atoms with E-state index in [9.17, 15) is 4.79 Å². The van der Waals surface area contributed by atoms with Crippen molar-refractivity contribution in [1.82, 2.24) is 9.88 Å². The van der Waals surface area contributed by atoms with Crippen LogP contribution in [0.15, 0.2) is 45.5 Å². The molecule has 0 spiro atoms. The van der Waals surface area contributed by atoms with Gasteiger partial charge in [-0.15, -0.1) is 0 Å². The van der Waals surface area contributed by atoms with Crippen molar-refractivity contribution in [3.05, 3.63) is 56.7 Å². The fraction of sp³-hybridized carbons (Fsp3) is 0.267. The maximum absolute atomic E-state index is 12.4. The molecule has 5 heteroatoms. The van der Waals surface area contributed by atoms with Crippen molar-refractivity contribution in [1.29, 1.82) is 0 Å². The smallest absolute Gasteiger partial charge is 0.268 e. The van der Waals surface area contributed by atoms with Crippen LogP contribution in [0.5, 0.6) is 0 Å². The molecular weight excluding hydrogens is 384 g/mol. The van der Waals surface area contributed by atoms with Crippen LogP contribution in [0.4, 0.5) is 0 Å². The summed E-state index contributed by atoms with van der Waals surface area (Å²) >= 11 is 6.79. The van der Waals surface area contributed by atoms with E-state index in [0.29, 0.717) is 5.69 Å². The minimum Gasteiger partial charge on any atom is -0.345 e. The van der Waals surface area contributed by atoms with E-state index in [1.165, 1.54) is 0 Å². The van der Waals surface area contributed by atoms with E-state index in [-0.39, 0.29) is 5.91 Å². The van der Waals surface area contributed by atoms with Gasteiger partial charge in [-0.2, -0.15) is 0 Å². The first-order valence-electron chi connectivity index (χ1n) is 6.20. The summed E-state index contributed by atoms with van der Waals surface area (Å²) in [7, 11) is 1.85. The Bertz CT molecular complexity index is 630. The molecule has 0 saturated heterocycles. The molecule has 3 nitrogen and oxygen atoms in total. The molecule has 0 bridgehead atoms. The molecule has 1 amide bonds. The van der Waals surface area contributed by atoms with E-state index >= 15 is 0 Å². The van der Waals surface area contributed by atoms with Gasteiger partial charge in [-0.05, 0) is 53.5 Å². The molecule has 0 aliphatic carbocycles. The van der Waals surface area contributed by atoms with Gasteiger partial charge in [0, 0.05) is 22.2 Å². The van der Waals surface area contributed by atoms with Crippen LogP contribution < -0.4 is 5.32 Å². The topological polar surface area (TPSA) is 34.0 Å². The Morgan fingerprint density at radius 1 is 1.15 bits per heavy atom. The zero-order valence-electron chi connectivity index (χ0n) is 11.6. The SMILES string of the molecule is Cn1cc(Br)cc1C(=O)NC(C)(C)c1ccc(Br)cc1. The van der Waals surface area contributed by atoms with E-state index in [1.54, 1.807) is 4.57 Å². The summed E-state index contributed by atoms with van der Waals surface area (Å²) in [6, 6.07) is 9.77. The van der Waals surface area contributed by atoms with Crippen LogP contribution in [0.25, 0.3) is 0 Å².